The molecule has 2 rings (SSSR count). The summed E-state index contributed by atoms with van der Waals surface area (Å²) in [6.07, 6.45) is -0.161. The topological polar surface area (TPSA) is 177 Å². The number of benzene rings is 1. The summed E-state index contributed by atoms with van der Waals surface area (Å²) in [7, 11) is -0.233. The third-order valence-electron chi connectivity index (χ3n) is 4.75. The second kappa shape index (κ2) is 10.5. The Morgan fingerprint density at radius 1 is 1.39 bits per heavy atom. The van der Waals surface area contributed by atoms with E-state index in [1.807, 2.05) is 0 Å². The first-order valence-electron chi connectivity index (χ1n) is 9.23. The normalized spacial score (nSPS) is 17.0. The molecular weight excluding hydrogens is 429 g/mol. The largest absolute Gasteiger partial charge is 0.480 e. The van der Waals surface area contributed by atoms with Crippen LogP contribution in [-0.4, -0.2) is 73.2 Å². The van der Waals surface area contributed by atoms with Gasteiger partial charge in [-0.25, -0.2) is 4.57 Å². The number of carbonyl (C=O) groups is 2. The molecule has 170 valence electrons. The van der Waals surface area contributed by atoms with Gasteiger partial charge < -0.3 is 21.0 Å². The molecule has 12 nitrogen and oxygen atoms in total. The maximum Gasteiger partial charge on any atom is 0.408 e. The fourth-order valence-electron chi connectivity index (χ4n) is 2.92. The molecule has 0 aromatic heterocycles. The Hall–Kier alpha value is -2.79. The number of nitrogens with two attached hydrogens (primary N) is 1. The van der Waals surface area contributed by atoms with Gasteiger partial charge in [-0.15, -0.1) is 0 Å². The number of hydrogen-bond acceptors (Lipinski definition) is 8. The summed E-state index contributed by atoms with van der Waals surface area (Å²) in [4.78, 5) is 29.1. The highest BCUT2D eigenvalue weighted by atomic mass is 31.2. The Balaban J connectivity index is 1.89. The third kappa shape index (κ3) is 6.11. The first-order chi connectivity index (χ1) is 14.6. The van der Waals surface area contributed by atoms with Crippen molar-refractivity contribution >= 4 is 31.2 Å². The van der Waals surface area contributed by atoms with Crippen LogP contribution >= 0.6 is 7.75 Å². The quantitative estimate of drug-likeness (QED) is 0.213. The number of likely N-dealkylation sites (N-methyl/N-ethyl adjacent to an activating group) is 1. The van der Waals surface area contributed by atoms with Crippen LogP contribution in [0.5, 0.6) is 0 Å². The van der Waals surface area contributed by atoms with Gasteiger partial charge in [0, 0.05) is 32.7 Å². The zero-order chi connectivity index (χ0) is 23.2. The highest BCUT2D eigenvalue weighted by Gasteiger charge is 2.38. The van der Waals surface area contributed by atoms with Crippen molar-refractivity contribution in [1.82, 2.24) is 9.99 Å². The van der Waals surface area contributed by atoms with Crippen molar-refractivity contribution in [2.45, 2.75) is 25.0 Å². The summed E-state index contributed by atoms with van der Waals surface area (Å²) in [6, 6.07) is 5.59. The molecule has 5 N–H and O–H groups in total. The van der Waals surface area contributed by atoms with Gasteiger partial charge in [0.25, 0.3) is 0 Å². The van der Waals surface area contributed by atoms with Gasteiger partial charge in [0.15, 0.2) is 0 Å². The number of amidine groups is 1. The van der Waals surface area contributed by atoms with E-state index in [0.29, 0.717) is 17.7 Å². The van der Waals surface area contributed by atoms with Gasteiger partial charge in [0.2, 0.25) is 5.91 Å². The lowest BCUT2D eigenvalue weighted by atomic mass is 10.0. The number of carboxylic acids is 1. The number of oxime groups is 1. The van der Waals surface area contributed by atoms with Gasteiger partial charge in [0.05, 0.1) is 12.1 Å². The second-order valence-corrected chi connectivity index (χ2v) is 9.03. The van der Waals surface area contributed by atoms with Gasteiger partial charge in [0.1, 0.15) is 18.0 Å². The molecule has 1 unspecified atom stereocenters. The van der Waals surface area contributed by atoms with E-state index in [0.717, 1.165) is 24.5 Å². The molecule has 1 aliphatic rings. The summed E-state index contributed by atoms with van der Waals surface area (Å²) >= 11 is 0. The Morgan fingerprint density at radius 2 is 2.00 bits per heavy atom. The van der Waals surface area contributed by atoms with Crippen molar-refractivity contribution in [3.63, 3.8) is 0 Å². The fourth-order valence-corrected chi connectivity index (χ4v) is 4.11. The van der Waals surface area contributed by atoms with Crippen molar-refractivity contribution in [3.05, 3.63) is 35.4 Å². The van der Waals surface area contributed by atoms with E-state index < -0.39 is 31.8 Å². The van der Waals surface area contributed by atoms with Crippen LogP contribution in [0.4, 0.5) is 0 Å². The van der Waals surface area contributed by atoms with E-state index in [2.05, 4.69) is 10.5 Å². The predicted molar refractivity (Wildman–Crippen MR) is 112 cm³/mol. The minimum absolute atomic E-state index is 0.0385. The van der Waals surface area contributed by atoms with Gasteiger partial charge in [-0.2, -0.15) is 4.67 Å². The second-order valence-electron chi connectivity index (χ2n) is 6.73. The molecule has 0 fully saturated rings. The molecule has 31 heavy (non-hydrogen) atoms. The molecule has 0 aliphatic carbocycles. The molecule has 0 radical (unpaired) electrons. The van der Waals surface area contributed by atoms with Crippen LogP contribution in [0, 0.1) is 5.41 Å². The first-order valence-corrected chi connectivity index (χ1v) is 10.7. The lowest BCUT2D eigenvalue weighted by molar-refractivity contribution is -0.141. The molecule has 13 heteroatoms. The molecule has 0 saturated carbocycles. The Labute approximate surface area is 179 Å². The SMILES string of the molecule is COP(=O)(OC)N(C)[C@@H](CNC(=O)CC1CC(c2ccc(C(=N)N)cc2)=NO1)C(=O)O. The maximum absolute atomic E-state index is 12.4. The number of rotatable bonds is 11. The van der Waals surface area contributed by atoms with E-state index in [1.165, 1.54) is 7.05 Å². The lowest BCUT2D eigenvalue weighted by Crippen LogP contribution is -2.46. The summed E-state index contributed by atoms with van der Waals surface area (Å²) < 4.78 is 22.9. The molecule has 1 aromatic carbocycles. The average molecular weight is 455 g/mol. The van der Waals surface area contributed by atoms with E-state index >= 15 is 0 Å². The van der Waals surface area contributed by atoms with Crippen molar-refractivity contribution in [2.24, 2.45) is 10.9 Å². The molecule has 2 atom stereocenters. The summed E-state index contributed by atoms with van der Waals surface area (Å²) in [5, 5.41) is 23.3. The zero-order valence-corrected chi connectivity index (χ0v) is 18.3. The molecule has 0 bridgehead atoms. The number of nitrogens with zero attached hydrogens (tertiary/aromatic N) is 2. The Bertz CT molecular complexity index is 897. The predicted octanol–water partition coefficient (Wildman–Crippen LogP) is 0.756. The smallest absolute Gasteiger partial charge is 0.408 e. The van der Waals surface area contributed by atoms with Crippen LogP contribution in [0.2, 0.25) is 0 Å². The van der Waals surface area contributed by atoms with Crippen molar-refractivity contribution in [3.8, 4) is 0 Å². The number of carbonyl (C=O) groups excluding carboxylic acids is 1. The van der Waals surface area contributed by atoms with Crippen molar-refractivity contribution in [1.29, 1.82) is 5.41 Å². The van der Waals surface area contributed by atoms with Crippen LogP contribution in [0.1, 0.15) is 24.0 Å². The lowest BCUT2D eigenvalue weighted by Gasteiger charge is -2.29. The maximum atomic E-state index is 12.4. The number of aliphatic carboxylic acids is 1. The Kier molecular flexibility index (Phi) is 8.28. The van der Waals surface area contributed by atoms with Crippen molar-refractivity contribution < 1.29 is 33.1 Å². The van der Waals surface area contributed by atoms with Gasteiger partial charge in [-0.3, -0.25) is 24.0 Å². The molecule has 0 spiro atoms. The van der Waals surface area contributed by atoms with Crippen LogP contribution in [0.3, 0.4) is 0 Å². The standard InChI is InChI=1S/C18H26N5O7P/c1-23(31(27,28-2)29-3)15(18(25)26)10-21-16(24)9-13-8-14(22-30-13)11-4-6-12(7-5-11)17(19)20/h4-7,13,15H,8-10H2,1-3H3,(H3,19,20)(H,21,24)(H,25,26)/t13?,15-/m0/s1. The molecule has 1 aromatic rings. The van der Waals surface area contributed by atoms with E-state index in [4.69, 9.17) is 25.0 Å². The first kappa shape index (κ1) is 24.5. The summed E-state index contributed by atoms with van der Waals surface area (Å²) in [5.74, 6) is -1.78. The number of amides is 1. The van der Waals surface area contributed by atoms with Crippen LogP contribution in [-0.2, 0) is 28.0 Å². The van der Waals surface area contributed by atoms with Crippen LogP contribution in [0.25, 0.3) is 0 Å². The molecule has 1 heterocycles. The highest BCUT2D eigenvalue weighted by molar-refractivity contribution is 7.51. The van der Waals surface area contributed by atoms with Crippen LogP contribution < -0.4 is 11.1 Å². The Morgan fingerprint density at radius 3 is 2.52 bits per heavy atom. The van der Waals surface area contributed by atoms with E-state index in [-0.39, 0.29) is 18.8 Å². The average Bonchev–Trinajstić information content (AvgIpc) is 3.21. The number of nitrogens with one attached hydrogen (secondary N) is 2. The minimum atomic E-state index is -3.79. The monoisotopic (exact) mass is 455 g/mol. The number of carboxylic acid groups (broad SMARTS) is 1. The summed E-state index contributed by atoms with van der Waals surface area (Å²) in [5.41, 5.74) is 7.46. The van der Waals surface area contributed by atoms with Gasteiger partial charge >= 0.3 is 13.7 Å². The summed E-state index contributed by atoms with van der Waals surface area (Å²) in [6.45, 7) is -0.311. The van der Waals surface area contributed by atoms with E-state index in [9.17, 15) is 19.3 Å². The minimum Gasteiger partial charge on any atom is -0.480 e. The molecular formula is C18H26N5O7P. The van der Waals surface area contributed by atoms with E-state index in [1.54, 1.807) is 24.3 Å². The van der Waals surface area contributed by atoms with Crippen LogP contribution in [0.15, 0.2) is 29.4 Å². The van der Waals surface area contributed by atoms with Crippen molar-refractivity contribution in [2.75, 3.05) is 27.8 Å². The third-order valence-corrected chi connectivity index (χ3v) is 6.73. The zero-order valence-electron chi connectivity index (χ0n) is 17.4. The number of nitrogen functional groups attached to an aromatic ring is 1. The van der Waals surface area contributed by atoms with Gasteiger partial charge in [-0.1, -0.05) is 29.4 Å². The van der Waals surface area contributed by atoms with Gasteiger partial charge in [-0.05, 0) is 12.6 Å². The molecule has 0 saturated heterocycles. The fraction of sp³-hybridized carbons (Fsp3) is 0.444. The molecule has 1 aliphatic heterocycles. The number of hydrogen-bond donors (Lipinski definition) is 4. The molecule has 1 amide bonds. The highest BCUT2D eigenvalue weighted by Crippen LogP contribution is 2.50.